The molecule has 0 unspecified atom stereocenters. The molecule has 0 aliphatic heterocycles. The van der Waals surface area contributed by atoms with Crippen molar-refractivity contribution in [2.45, 2.75) is 27.7 Å². The Hall–Kier alpha value is -2.16. The Bertz CT molecular complexity index is 619. The first-order valence-corrected chi connectivity index (χ1v) is 7.24. The van der Waals surface area contributed by atoms with Crippen molar-refractivity contribution >= 4 is 17.2 Å². The lowest BCUT2D eigenvalue weighted by atomic mass is 9.84. The zero-order valence-corrected chi connectivity index (χ0v) is 12.9. The van der Waals surface area contributed by atoms with Gasteiger partial charge in [0.1, 0.15) is 5.75 Å². The summed E-state index contributed by atoms with van der Waals surface area (Å²) in [5, 5.41) is 9.51. The first kappa shape index (κ1) is 15.2. The summed E-state index contributed by atoms with van der Waals surface area (Å²) in [6.07, 6.45) is 3.70. The van der Waals surface area contributed by atoms with E-state index < -0.39 is 0 Å². The summed E-state index contributed by atoms with van der Waals surface area (Å²) in [5.74, 6) is 0.628. The van der Waals surface area contributed by atoms with E-state index in [1.807, 2.05) is 45.9 Å². The fourth-order valence-corrected chi connectivity index (χ4v) is 2.29. The summed E-state index contributed by atoms with van der Waals surface area (Å²) >= 11 is 0. The third-order valence-electron chi connectivity index (χ3n) is 3.46. The normalized spacial score (nSPS) is 15.3. The molecule has 110 valence electrons. The Balaban J connectivity index is 2.48. The number of allylic oxidation sites excluding steroid dienone is 4. The Morgan fingerprint density at radius 2 is 1.57 bits per heavy atom. The Morgan fingerprint density at radius 3 is 2.05 bits per heavy atom. The minimum absolute atomic E-state index is 0.120. The molecule has 3 heteroatoms. The SMILES string of the molecule is CC(C)C1=CC(=Nc2cccc(O)c2)C=C(C(C)C)C1=O. The van der Waals surface area contributed by atoms with E-state index >= 15 is 0 Å². The molecule has 0 radical (unpaired) electrons. The second-order valence-corrected chi connectivity index (χ2v) is 5.89. The third kappa shape index (κ3) is 3.48. The maximum atomic E-state index is 12.4. The molecule has 1 aromatic rings. The summed E-state index contributed by atoms with van der Waals surface area (Å²) < 4.78 is 0. The first-order chi connectivity index (χ1) is 9.88. The molecule has 1 aromatic carbocycles. The predicted molar refractivity (Wildman–Crippen MR) is 86.1 cm³/mol. The van der Waals surface area contributed by atoms with E-state index in [0.717, 1.165) is 16.9 Å². The fourth-order valence-electron chi connectivity index (χ4n) is 2.29. The van der Waals surface area contributed by atoms with E-state index in [-0.39, 0.29) is 23.4 Å². The molecule has 0 spiro atoms. The molecular weight excluding hydrogens is 262 g/mol. The highest BCUT2D eigenvalue weighted by molar-refractivity contribution is 6.22. The summed E-state index contributed by atoms with van der Waals surface area (Å²) in [4.78, 5) is 17.0. The van der Waals surface area contributed by atoms with Gasteiger partial charge in [-0.25, -0.2) is 4.99 Å². The van der Waals surface area contributed by atoms with Crippen molar-refractivity contribution in [3.8, 4) is 5.75 Å². The van der Waals surface area contributed by atoms with Gasteiger partial charge in [-0.3, -0.25) is 4.79 Å². The van der Waals surface area contributed by atoms with Gasteiger partial charge in [0, 0.05) is 17.2 Å². The molecule has 1 aliphatic carbocycles. The van der Waals surface area contributed by atoms with Crippen molar-refractivity contribution in [2.75, 3.05) is 0 Å². The number of carbonyl (C=O) groups is 1. The Labute approximate surface area is 125 Å². The number of hydrogen-bond acceptors (Lipinski definition) is 3. The molecule has 0 saturated heterocycles. The summed E-state index contributed by atoms with van der Waals surface area (Å²) in [6.45, 7) is 8.05. The van der Waals surface area contributed by atoms with Crippen LogP contribution in [-0.2, 0) is 4.79 Å². The number of hydrogen-bond donors (Lipinski definition) is 1. The van der Waals surface area contributed by atoms with Gasteiger partial charge < -0.3 is 5.11 Å². The number of nitrogens with zero attached hydrogens (tertiary/aromatic N) is 1. The van der Waals surface area contributed by atoms with Crippen molar-refractivity contribution in [1.82, 2.24) is 0 Å². The average Bonchev–Trinajstić information content (AvgIpc) is 2.40. The number of carbonyl (C=O) groups excluding carboxylic acids is 1. The van der Waals surface area contributed by atoms with E-state index in [0.29, 0.717) is 5.69 Å². The van der Waals surface area contributed by atoms with E-state index in [2.05, 4.69) is 4.99 Å². The molecule has 0 aromatic heterocycles. The number of Topliss-reactive ketones (excluding diaryl/α,β-unsaturated/α-hetero) is 1. The Morgan fingerprint density at radius 1 is 1.00 bits per heavy atom. The van der Waals surface area contributed by atoms with E-state index in [4.69, 9.17) is 0 Å². The fraction of sp³-hybridized carbons (Fsp3) is 0.333. The number of phenolic OH excluding ortho intramolecular Hbond substituents is 1. The van der Waals surface area contributed by atoms with Gasteiger partial charge in [-0.05, 0) is 36.1 Å². The van der Waals surface area contributed by atoms with Crippen LogP contribution in [0.15, 0.2) is 52.6 Å². The smallest absolute Gasteiger partial charge is 0.185 e. The minimum atomic E-state index is 0.120. The molecule has 0 bridgehead atoms. The summed E-state index contributed by atoms with van der Waals surface area (Å²) in [6, 6.07) is 6.80. The van der Waals surface area contributed by atoms with Crippen LogP contribution in [0.1, 0.15) is 27.7 Å². The average molecular weight is 283 g/mol. The lowest BCUT2D eigenvalue weighted by Gasteiger charge is -2.20. The predicted octanol–water partition coefficient (Wildman–Crippen LogP) is 4.21. The second-order valence-electron chi connectivity index (χ2n) is 5.89. The molecule has 0 heterocycles. The zero-order chi connectivity index (χ0) is 15.6. The molecule has 21 heavy (non-hydrogen) atoms. The van der Waals surface area contributed by atoms with Gasteiger partial charge in [0.25, 0.3) is 0 Å². The van der Waals surface area contributed by atoms with E-state index in [1.54, 1.807) is 18.2 Å². The molecule has 0 saturated carbocycles. The summed E-state index contributed by atoms with van der Waals surface area (Å²) in [7, 11) is 0. The largest absolute Gasteiger partial charge is 0.508 e. The number of benzene rings is 1. The van der Waals surface area contributed by atoms with Gasteiger partial charge in [0.2, 0.25) is 0 Å². The van der Waals surface area contributed by atoms with Crippen molar-refractivity contribution in [3.05, 3.63) is 47.6 Å². The van der Waals surface area contributed by atoms with Crippen LogP contribution < -0.4 is 0 Å². The van der Waals surface area contributed by atoms with Crippen LogP contribution >= 0.6 is 0 Å². The summed E-state index contributed by atoms with van der Waals surface area (Å²) in [5.41, 5.74) is 3.02. The number of aromatic hydroxyl groups is 1. The van der Waals surface area contributed by atoms with Gasteiger partial charge in [-0.1, -0.05) is 33.8 Å². The van der Waals surface area contributed by atoms with Crippen molar-refractivity contribution in [3.63, 3.8) is 0 Å². The standard InChI is InChI=1S/C18H21NO2/c1-11(2)16-9-14(10-17(12(3)4)18(16)21)19-13-6-5-7-15(20)8-13/h5-12,20H,1-4H3. The molecule has 2 rings (SSSR count). The number of phenols is 1. The van der Waals surface area contributed by atoms with E-state index in [1.165, 1.54) is 0 Å². The van der Waals surface area contributed by atoms with Crippen LogP contribution in [0.4, 0.5) is 5.69 Å². The molecule has 0 amide bonds. The number of ketones is 1. The number of rotatable bonds is 3. The topological polar surface area (TPSA) is 49.7 Å². The van der Waals surface area contributed by atoms with Crippen LogP contribution in [0.25, 0.3) is 0 Å². The number of aliphatic imine (C=N–C) groups is 1. The van der Waals surface area contributed by atoms with Crippen molar-refractivity contribution in [1.29, 1.82) is 0 Å². The highest BCUT2D eigenvalue weighted by Gasteiger charge is 2.24. The zero-order valence-electron chi connectivity index (χ0n) is 12.9. The van der Waals surface area contributed by atoms with Crippen LogP contribution in [0.5, 0.6) is 5.75 Å². The highest BCUT2D eigenvalue weighted by Crippen LogP contribution is 2.27. The van der Waals surface area contributed by atoms with Gasteiger partial charge in [-0.2, -0.15) is 0 Å². The Kier molecular flexibility index (Phi) is 4.41. The first-order valence-electron chi connectivity index (χ1n) is 7.24. The quantitative estimate of drug-likeness (QED) is 0.845. The molecule has 0 atom stereocenters. The molecule has 3 nitrogen and oxygen atoms in total. The van der Waals surface area contributed by atoms with Gasteiger partial charge in [-0.15, -0.1) is 0 Å². The van der Waals surface area contributed by atoms with Crippen LogP contribution in [-0.4, -0.2) is 16.6 Å². The highest BCUT2D eigenvalue weighted by atomic mass is 16.3. The lowest BCUT2D eigenvalue weighted by molar-refractivity contribution is -0.113. The monoisotopic (exact) mass is 283 g/mol. The molecule has 1 aliphatic rings. The van der Waals surface area contributed by atoms with Gasteiger partial charge in [0.15, 0.2) is 5.78 Å². The van der Waals surface area contributed by atoms with Crippen LogP contribution in [0.3, 0.4) is 0 Å². The molecular formula is C18H21NO2. The van der Waals surface area contributed by atoms with E-state index in [9.17, 15) is 9.90 Å². The van der Waals surface area contributed by atoms with Crippen LogP contribution in [0, 0.1) is 11.8 Å². The van der Waals surface area contributed by atoms with Crippen molar-refractivity contribution in [2.24, 2.45) is 16.8 Å². The van der Waals surface area contributed by atoms with Gasteiger partial charge >= 0.3 is 0 Å². The van der Waals surface area contributed by atoms with Gasteiger partial charge in [0.05, 0.1) is 11.4 Å². The molecule has 0 fully saturated rings. The molecule has 1 N–H and O–H groups in total. The lowest BCUT2D eigenvalue weighted by Crippen LogP contribution is -2.20. The van der Waals surface area contributed by atoms with Crippen LogP contribution in [0.2, 0.25) is 0 Å². The minimum Gasteiger partial charge on any atom is -0.508 e. The van der Waals surface area contributed by atoms with Crippen molar-refractivity contribution < 1.29 is 9.90 Å². The third-order valence-corrected chi connectivity index (χ3v) is 3.46. The second kappa shape index (κ2) is 6.08. The maximum absolute atomic E-state index is 12.4. The maximum Gasteiger partial charge on any atom is 0.185 e.